The van der Waals surface area contributed by atoms with Crippen LogP contribution in [0.15, 0.2) is 53.8 Å². The molecule has 0 bridgehead atoms. The van der Waals surface area contributed by atoms with Crippen LogP contribution in [0.4, 0.5) is 9.52 Å². The summed E-state index contributed by atoms with van der Waals surface area (Å²) < 4.78 is 14.6. The van der Waals surface area contributed by atoms with Crippen molar-refractivity contribution >= 4 is 49.7 Å². The lowest BCUT2D eigenvalue weighted by atomic mass is 9.95. The summed E-state index contributed by atoms with van der Waals surface area (Å²) in [6.45, 7) is 5.46. The van der Waals surface area contributed by atoms with E-state index in [0.29, 0.717) is 31.8 Å². The number of rotatable bonds is 4. The molecule has 9 heteroatoms. The van der Waals surface area contributed by atoms with Crippen LogP contribution >= 0.6 is 22.7 Å². The Bertz CT molecular complexity index is 1470. The summed E-state index contributed by atoms with van der Waals surface area (Å²) in [5.41, 5.74) is 2.72. The molecule has 166 valence electrons. The first-order valence-electron chi connectivity index (χ1n) is 10.1. The van der Waals surface area contributed by atoms with Gasteiger partial charge in [-0.2, -0.15) is 0 Å². The molecule has 0 saturated carbocycles. The van der Waals surface area contributed by atoms with Crippen molar-refractivity contribution in [3.63, 3.8) is 0 Å². The SMILES string of the molecule is Cc1ccc2nc(N3C(=O)C(O)=C(C(=O)c4sc(C)nc4C)C3c3ccc(F)cc3)sc2c1. The van der Waals surface area contributed by atoms with Crippen molar-refractivity contribution in [2.45, 2.75) is 26.8 Å². The Hall–Kier alpha value is -3.43. The number of thiazole rings is 2. The number of aliphatic hydroxyl groups excluding tert-OH is 1. The van der Waals surface area contributed by atoms with Crippen molar-refractivity contribution in [1.82, 2.24) is 9.97 Å². The third-order valence-electron chi connectivity index (χ3n) is 5.49. The minimum absolute atomic E-state index is 0.0613. The average Bonchev–Trinajstić information content (AvgIpc) is 3.41. The number of amides is 1. The van der Waals surface area contributed by atoms with E-state index in [2.05, 4.69) is 9.97 Å². The number of anilines is 1. The van der Waals surface area contributed by atoms with Crippen molar-refractivity contribution in [3.8, 4) is 0 Å². The van der Waals surface area contributed by atoms with Gasteiger partial charge in [0.15, 0.2) is 10.9 Å². The van der Waals surface area contributed by atoms with E-state index in [9.17, 15) is 19.1 Å². The van der Waals surface area contributed by atoms with Gasteiger partial charge in [-0.3, -0.25) is 14.5 Å². The molecule has 3 heterocycles. The summed E-state index contributed by atoms with van der Waals surface area (Å²) in [6.07, 6.45) is 0. The summed E-state index contributed by atoms with van der Waals surface area (Å²) >= 11 is 2.50. The number of fused-ring (bicyclic) bond motifs is 1. The summed E-state index contributed by atoms with van der Waals surface area (Å²) in [6, 6.07) is 10.3. The van der Waals surface area contributed by atoms with E-state index in [1.165, 1.54) is 51.8 Å². The van der Waals surface area contributed by atoms with Crippen LogP contribution in [0, 0.1) is 26.6 Å². The molecule has 33 heavy (non-hydrogen) atoms. The molecule has 0 aliphatic carbocycles. The molecule has 5 rings (SSSR count). The molecule has 1 aliphatic rings. The maximum Gasteiger partial charge on any atom is 0.296 e. The summed E-state index contributed by atoms with van der Waals surface area (Å²) in [5, 5.41) is 11.9. The van der Waals surface area contributed by atoms with E-state index >= 15 is 0 Å². The van der Waals surface area contributed by atoms with Gasteiger partial charge >= 0.3 is 0 Å². The third-order valence-corrected chi connectivity index (χ3v) is 7.58. The minimum Gasteiger partial charge on any atom is -0.503 e. The second-order valence-electron chi connectivity index (χ2n) is 7.84. The Kier molecular flexibility index (Phi) is 5.10. The monoisotopic (exact) mass is 479 g/mol. The molecule has 1 N–H and O–H groups in total. The highest BCUT2D eigenvalue weighted by Crippen LogP contribution is 2.44. The van der Waals surface area contributed by atoms with Crippen molar-refractivity contribution in [2.24, 2.45) is 0 Å². The molecule has 6 nitrogen and oxygen atoms in total. The van der Waals surface area contributed by atoms with Gasteiger partial charge in [-0.1, -0.05) is 29.5 Å². The van der Waals surface area contributed by atoms with Crippen LogP contribution in [0.2, 0.25) is 0 Å². The fourth-order valence-corrected chi connectivity index (χ4v) is 5.95. The van der Waals surface area contributed by atoms with Gasteiger partial charge in [0, 0.05) is 0 Å². The number of benzene rings is 2. The fourth-order valence-electron chi connectivity index (χ4n) is 3.98. The van der Waals surface area contributed by atoms with Gasteiger partial charge in [-0.05, 0) is 56.2 Å². The van der Waals surface area contributed by atoms with Gasteiger partial charge in [0.1, 0.15) is 5.82 Å². The van der Waals surface area contributed by atoms with Gasteiger partial charge in [-0.25, -0.2) is 14.4 Å². The zero-order valence-electron chi connectivity index (χ0n) is 17.9. The maximum absolute atomic E-state index is 13.7. The van der Waals surface area contributed by atoms with Crippen molar-refractivity contribution in [1.29, 1.82) is 0 Å². The Morgan fingerprint density at radius 1 is 1.06 bits per heavy atom. The molecule has 0 spiro atoms. The van der Waals surface area contributed by atoms with Gasteiger partial charge in [0.25, 0.3) is 5.91 Å². The number of aromatic nitrogens is 2. The lowest BCUT2D eigenvalue weighted by Gasteiger charge is -2.24. The van der Waals surface area contributed by atoms with E-state index in [0.717, 1.165) is 10.3 Å². The molecule has 2 aromatic heterocycles. The topological polar surface area (TPSA) is 83.4 Å². The Labute approximate surface area is 196 Å². The molecule has 1 aliphatic heterocycles. The van der Waals surface area contributed by atoms with Crippen molar-refractivity contribution in [2.75, 3.05) is 4.90 Å². The number of aliphatic hydroxyl groups is 1. The highest BCUT2D eigenvalue weighted by molar-refractivity contribution is 7.22. The number of hydrogen-bond acceptors (Lipinski definition) is 7. The number of hydrogen-bond donors (Lipinski definition) is 1. The maximum atomic E-state index is 13.7. The molecule has 1 unspecified atom stereocenters. The lowest BCUT2D eigenvalue weighted by molar-refractivity contribution is -0.117. The number of ketones is 1. The van der Waals surface area contributed by atoms with Crippen LogP contribution in [0.3, 0.4) is 0 Å². The number of Topliss-reactive ketones (excluding diaryl/α,β-unsaturated/α-hetero) is 1. The molecule has 2 aromatic carbocycles. The highest BCUT2D eigenvalue weighted by Gasteiger charge is 2.46. The first-order valence-corrected chi connectivity index (χ1v) is 11.8. The normalized spacial score (nSPS) is 16.3. The van der Waals surface area contributed by atoms with Gasteiger partial charge < -0.3 is 5.11 Å². The minimum atomic E-state index is -0.950. The van der Waals surface area contributed by atoms with E-state index < -0.39 is 29.3 Å². The summed E-state index contributed by atoms with van der Waals surface area (Å²) in [5.74, 6) is -2.27. The Morgan fingerprint density at radius 3 is 2.45 bits per heavy atom. The average molecular weight is 480 g/mol. The van der Waals surface area contributed by atoms with Gasteiger partial charge in [0.2, 0.25) is 5.78 Å². The number of nitrogens with zero attached hydrogens (tertiary/aromatic N) is 3. The van der Waals surface area contributed by atoms with Crippen LogP contribution < -0.4 is 4.90 Å². The zero-order chi connectivity index (χ0) is 23.4. The third kappa shape index (κ3) is 3.53. The number of carbonyl (C=O) groups is 2. The van der Waals surface area contributed by atoms with Crippen molar-refractivity contribution in [3.05, 3.63) is 86.3 Å². The Morgan fingerprint density at radius 2 is 1.79 bits per heavy atom. The van der Waals surface area contributed by atoms with E-state index in [1.807, 2.05) is 25.1 Å². The predicted molar refractivity (Wildman–Crippen MR) is 127 cm³/mol. The fraction of sp³-hybridized carbons (Fsp3) is 0.167. The largest absolute Gasteiger partial charge is 0.503 e. The molecule has 0 radical (unpaired) electrons. The smallest absolute Gasteiger partial charge is 0.296 e. The van der Waals surface area contributed by atoms with Crippen LogP contribution in [0.1, 0.15) is 37.5 Å². The molecule has 0 fully saturated rings. The number of halogens is 1. The van der Waals surface area contributed by atoms with Crippen LogP contribution in [0.25, 0.3) is 10.2 Å². The van der Waals surface area contributed by atoms with E-state index in [4.69, 9.17) is 0 Å². The van der Waals surface area contributed by atoms with Gasteiger partial charge in [-0.15, -0.1) is 11.3 Å². The van der Waals surface area contributed by atoms with Crippen molar-refractivity contribution < 1.29 is 19.1 Å². The van der Waals surface area contributed by atoms with Gasteiger partial charge in [0.05, 0.1) is 37.4 Å². The molecule has 1 atom stereocenters. The standard InChI is InChI=1S/C24H18FN3O3S2/c1-11-4-9-16-17(10-11)33-24(27-16)28-19(14-5-7-15(25)8-6-14)18(21(30)23(28)31)20(29)22-12(2)26-13(3)32-22/h4-10,19,30H,1-3H3. The predicted octanol–water partition coefficient (Wildman–Crippen LogP) is 5.60. The number of carbonyl (C=O) groups excluding carboxylic acids is 2. The van der Waals surface area contributed by atoms with E-state index in [1.54, 1.807) is 13.8 Å². The summed E-state index contributed by atoms with van der Waals surface area (Å²) in [7, 11) is 0. The first kappa shape index (κ1) is 21.4. The molecule has 0 saturated heterocycles. The highest BCUT2D eigenvalue weighted by atomic mass is 32.1. The van der Waals surface area contributed by atoms with Crippen LogP contribution in [-0.2, 0) is 4.79 Å². The first-order chi connectivity index (χ1) is 15.7. The Balaban J connectivity index is 1.69. The number of aryl methyl sites for hydroxylation is 3. The molecular weight excluding hydrogens is 461 g/mol. The quantitative estimate of drug-likeness (QED) is 0.385. The second kappa shape index (κ2) is 7.86. The molecule has 4 aromatic rings. The van der Waals surface area contributed by atoms with Crippen LogP contribution in [-0.4, -0.2) is 26.8 Å². The second-order valence-corrected chi connectivity index (χ2v) is 10.0. The molecular formula is C24H18FN3O3S2. The summed E-state index contributed by atoms with van der Waals surface area (Å²) in [4.78, 5) is 37.4. The zero-order valence-corrected chi connectivity index (χ0v) is 19.6. The van der Waals surface area contributed by atoms with E-state index in [-0.39, 0.29) is 5.57 Å². The molecule has 1 amide bonds. The van der Waals surface area contributed by atoms with Crippen LogP contribution in [0.5, 0.6) is 0 Å². The lowest BCUT2D eigenvalue weighted by Crippen LogP contribution is -2.31.